The molecule has 2 aromatic rings. The lowest BCUT2D eigenvalue weighted by atomic mass is 10.1. The molecule has 0 aromatic heterocycles. The van der Waals surface area contributed by atoms with Crippen LogP contribution in [0.1, 0.15) is 15.9 Å². The second kappa shape index (κ2) is 6.37. The molecule has 5 nitrogen and oxygen atoms in total. The van der Waals surface area contributed by atoms with Gasteiger partial charge < -0.3 is 4.74 Å². The zero-order valence-corrected chi connectivity index (χ0v) is 12.0. The third-order valence-corrected chi connectivity index (χ3v) is 3.16. The lowest BCUT2D eigenvalue weighted by Crippen LogP contribution is -2.12. The van der Waals surface area contributed by atoms with E-state index in [1.165, 1.54) is 18.2 Å². The van der Waals surface area contributed by atoms with Gasteiger partial charge in [-0.3, -0.25) is 14.9 Å². The van der Waals surface area contributed by atoms with Gasteiger partial charge in [0.05, 0.1) is 9.95 Å². The fourth-order valence-corrected chi connectivity index (χ4v) is 1.97. The van der Waals surface area contributed by atoms with Crippen molar-refractivity contribution in [3.63, 3.8) is 0 Å². The molecule has 0 radical (unpaired) electrons. The number of rotatable bonds is 5. The predicted molar refractivity (Wildman–Crippen MR) is 79.1 cm³/mol. The fraction of sp³-hybridized carbons (Fsp3) is 0.133. The van der Waals surface area contributed by atoms with E-state index in [0.717, 1.165) is 5.56 Å². The summed E-state index contributed by atoms with van der Waals surface area (Å²) in [6.07, 6.45) is 0. The Bertz CT molecular complexity index is 683. The Balaban J connectivity index is 2.15. The number of carbonyl (C=O) groups is 1. The van der Waals surface area contributed by atoms with E-state index in [-0.39, 0.29) is 28.8 Å². The third kappa shape index (κ3) is 3.58. The van der Waals surface area contributed by atoms with Crippen LogP contribution in [0.25, 0.3) is 0 Å². The largest absolute Gasteiger partial charge is 0.477 e. The topological polar surface area (TPSA) is 69.4 Å². The van der Waals surface area contributed by atoms with E-state index in [2.05, 4.69) is 0 Å². The quantitative estimate of drug-likeness (QED) is 0.478. The van der Waals surface area contributed by atoms with Gasteiger partial charge in [0.1, 0.15) is 0 Å². The number of aryl methyl sites for hydroxylation is 1. The zero-order valence-electron chi connectivity index (χ0n) is 11.2. The van der Waals surface area contributed by atoms with Crippen molar-refractivity contribution < 1.29 is 14.5 Å². The molecule has 0 bridgehead atoms. The Kier molecular flexibility index (Phi) is 4.55. The predicted octanol–water partition coefficient (Wildman–Crippen LogP) is 3.82. The number of carbonyl (C=O) groups excluding carboxylic acids is 1. The second-order valence-corrected chi connectivity index (χ2v) is 4.83. The average Bonchev–Trinajstić information content (AvgIpc) is 2.46. The first-order valence-corrected chi connectivity index (χ1v) is 6.52. The Hall–Kier alpha value is -2.40. The molecule has 2 aromatic carbocycles. The van der Waals surface area contributed by atoms with Gasteiger partial charge >= 0.3 is 5.69 Å². The minimum absolute atomic E-state index is 0.0929. The highest BCUT2D eigenvalue weighted by molar-refractivity contribution is 6.32. The fourth-order valence-electron chi connectivity index (χ4n) is 1.74. The molecule has 0 heterocycles. The average molecular weight is 306 g/mol. The van der Waals surface area contributed by atoms with Gasteiger partial charge in [-0.05, 0) is 13.0 Å². The van der Waals surface area contributed by atoms with E-state index in [4.69, 9.17) is 16.3 Å². The Morgan fingerprint density at radius 1 is 1.24 bits per heavy atom. The van der Waals surface area contributed by atoms with Crippen LogP contribution in [-0.4, -0.2) is 17.3 Å². The molecule has 0 fully saturated rings. The number of nitro groups is 1. The van der Waals surface area contributed by atoms with Crippen molar-refractivity contribution in [1.29, 1.82) is 0 Å². The van der Waals surface area contributed by atoms with E-state index < -0.39 is 4.92 Å². The van der Waals surface area contributed by atoms with Crippen molar-refractivity contribution in [2.45, 2.75) is 6.92 Å². The van der Waals surface area contributed by atoms with Crippen LogP contribution in [-0.2, 0) is 0 Å². The van der Waals surface area contributed by atoms with Crippen molar-refractivity contribution in [3.05, 3.63) is 68.7 Å². The summed E-state index contributed by atoms with van der Waals surface area (Å²) < 4.78 is 5.25. The van der Waals surface area contributed by atoms with Crippen LogP contribution < -0.4 is 4.74 Å². The van der Waals surface area contributed by atoms with Gasteiger partial charge in [-0.1, -0.05) is 47.5 Å². The van der Waals surface area contributed by atoms with Crippen LogP contribution >= 0.6 is 11.6 Å². The molecule has 21 heavy (non-hydrogen) atoms. The zero-order chi connectivity index (χ0) is 15.4. The summed E-state index contributed by atoms with van der Waals surface area (Å²) in [5.74, 6) is -0.367. The summed E-state index contributed by atoms with van der Waals surface area (Å²) in [4.78, 5) is 22.3. The number of hydrogen-bond donors (Lipinski definition) is 0. The van der Waals surface area contributed by atoms with Gasteiger partial charge in [-0.15, -0.1) is 0 Å². The summed E-state index contributed by atoms with van der Waals surface area (Å²) >= 11 is 5.88. The molecule has 2 rings (SSSR count). The molecular weight excluding hydrogens is 294 g/mol. The minimum Gasteiger partial charge on any atom is -0.477 e. The highest BCUT2D eigenvalue weighted by atomic mass is 35.5. The molecule has 108 valence electrons. The van der Waals surface area contributed by atoms with Gasteiger partial charge in [0.15, 0.2) is 12.4 Å². The summed E-state index contributed by atoms with van der Waals surface area (Å²) in [7, 11) is 0. The Labute approximate surface area is 126 Å². The smallest absolute Gasteiger partial charge is 0.312 e. The van der Waals surface area contributed by atoms with E-state index in [1.807, 2.05) is 19.1 Å². The van der Waals surface area contributed by atoms with Crippen molar-refractivity contribution in [1.82, 2.24) is 0 Å². The maximum absolute atomic E-state index is 12.0. The maximum Gasteiger partial charge on any atom is 0.312 e. The second-order valence-electron chi connectivity index (χ2n) is 4.42. The molecule has 0 spiro atoms. The number of ether oxygens (including phenoxy) is 1. The Morgan fingerprint density at radius 3 is 2.52 bits per heavy atom. The normalized spacial score (nSPS) is 10.2. The van der Waals surface area contributed by atoms with Gasteiger partial charge in [0.25, 0.3) is 0 Å². The van der Waals surface area contributed by atoms with Gasteiger partial charge in [0.2, 0.25) is 5.75 Å². The third-order valence-electron chi connectivity index (χ3n) is 2.86. The minimum atomic E-state index is -0.600. The monoisotopic (exact) mass is 305 g/mol. The number of nitrogens with zero attached hydrogens (tertiary/aromatic N) is 1. The van der Waals surface area contributed by atoms with Gasteiger partial charge in [0, 0.05) is 11.6 Å². The lowest BCUT2D eigenvalue weighted by molar-refractivity contribution is -0.385. The molecule has 6 heteroatoms. The Morgan fingerprint density at radius 2 is 1.90 bits per heavy atom. The van der Waals surface area contributed by atoms with Crippen LogP contribution in [0.15, 0.2) is 42.5 Å². The molecule has 0 aliphatic rings. The summed E-state index contributed by atoms with van der Waals surface area (Å²) in [6.45, 7) is 1.60. The number of nitro benzene ring substituents is 1. The van der Waals surface area contributed by atoms with Crippen LogP contribution in [0, 0.1) is 17.0 Å². The SMILES string of the molecule is Cc1ccc(C(=O)COc2c(Cl)cccc2[N+](=O)[O-])cc1. The number of halogens is 1. The molecule has 0 saturated carbocycles. The van der Waals surface area contributed by atoms with Gasteiger partial charge in [-0.2, -0.15) is 0 Å². The van der Waals surface area contributed by atoms with Crippen molar-refractivity contribution >= 4 is 23.1 Å². The molecule has 0 N–H and O–H groups in total. The van der Waals surface area contributed by atoms with Crippen molar-refractivity contribution in [2.75, 3.05) is 6.61 Å². The van der Waals surface area contributed by atoms with Crippen molar-refractivity contribution in [2.24, 2.45) is 0 Å². The summed E-state index contributed by atoms with van der Waals surface area (Å²) in [6, 6.07) is 11.2. The molecule has 0 amide bonds. The van der Waals surface area contributed by atoms with Crippen molar-refractivity contribution in [3.8, 4) is 5.75 Å². The molecule has 0 aliphatic heterocycles. The summed E-state index contributed by atoms with van der Waals surface area (Å²) in [5.41, 5.74) is 1.25. The lowest BCUT2D eigenvalue weighted by Gasteiger charge is -2.08. The number of ketones is 1. The first-order valence-electron chi connectivity index (χ1n) is 6.14. The highest BCUT2D eigenvalue weighted by Gasteiger charge is 2.19. The van der Waals surface area contributed by atoms with E-state index in [0.29, 0.717) is 5.56 Å². The van der Waals surface area contributed by atoms with E-state index in [1.54, 1.807) is 12.1 Å². The van der Waals surface area contributed by atoms with Crippen LogP contribution in [0.2, 0.25) is 5.02 Å². The number of para-hydroxylation sites is 1. The van der Waals surface area contributed by atoms with Crippen LogP contribution in [0.4, 0.5) is 5.69 Å². The summed E-state index contributed by atoms with van der Waals surface area (Å²) in [5, 5.41) is 11.0. The van der Waals surface area contributed by atoms with Crippen LogP contribution in [0.3, 0.4) is 0 Å². The van der Waals surface area contributed by atoms with E-state index >= 15 is 0 Å². The van der Waals surface area contributed by atoms with Crippen LogP contribution in [0.5, 0.6) is 5.75 Å². The van der Waals surface area contributed by atoms with Gasteiger partial charge in [-0.25, -0.2) is 0 Å². The number of hydrogen-bond acceptors (Lipinski definition) is 4. The standard InChI is InChI=1S/C15H12ClNO4/c1-10-5-7-11(8-6-10)14(18)9-21-15-12(16)3-2-4-13(15)17(19)20/h2-8H,9H2,1H3. The molecular formula is C15H12ClNO4. The first kappa shape index (κ1) is 15.0. The first-order chi connectivity index (χ1) is 9.99. The molecule has 0 atom stereocenters. The molecule has 0 aliphatic carbocycles. The molecule has 0 saturated heterocycles. The van der Waals surface area contributed by atoms with E-state index in [9.17, 15) is 14.9 Å². The number of Topliss-reactive ketones (excluding diaryl/α,β-unsaturated/α-hetero) is 1. The maximum atomic E-state index is 12.0. The number of benzene rings is 2. The molecule has 0 unspecified atom stereocenters. The highest BCUT2D eigenvalue weighted by Crippen LogP contribution is 2.34.